The number of hydrogen-bond acceptors (Lipinski definition) is 4. The molecule has 1 aromatic heterocycles. The van der Waals surface area contributed by atoms with E-state index in [-0.39, 0.29) is 11.9 Å². The molecule has 114 valence electrons. The number of ether oxygens (including phenoxy) is 1. The maximum absolute atomic E-state index is 13.9. The SMILES string of the molecule is COC(=O)C=CNC(=O)Cc1cc(F)c2ncc(Cl)cc2c1. The van der Waals surface area contributed by atoms with E-state index in [2.05, 4.69) is 15.0 Å². The molecule has 7 heteroatoms. The van der Waals surface area contributed by atoms with Crippen molar-refractivity contribution in [1.29, 1.82) is 0 Å². The van der Waals surface area contributed by atoms with Gasteiger partial charge in [0.2, 0.25) is 5.91 Å². The summed E-state index contributed by atoms with van der Waals surface area (Å²) in [5.41, 5.74) is 0.664. The summed E-state index contributed by atoms with van der Waals surface area (Å²) < 4.78 is 18.3. The number of amides is 1. The summed E-state index contributed by atoms with van der Waals surface area (Å²) in [6, 6.07) is 4.46. The van der Waals surface area contributed by atoms with Gasteiger partial charge in [-0.2, -0.15) is 0 Å². The van der Waals surface area contributed by atoms with Gasteiger partial charge in [0.05, 0.1) is 18.6 Å². The average Bonchev–Trinajstić information content (AvgIpc) is 2.46. The number of hydrogen-bond donors (Lipinski definition) is 1. The molecule has 0 saturated carbocycles. The molecule has 5 nitrogen and oxygen atoms in total. The van der Waals surface area contributed by atoms with Crippen LogP contribution < -0.4 is 5.32 Å². The lowest BCUT2D eigenvalue weighted by atomic mass is 10.1. The maximum atomic E-state index is 13.9. The highest BCUT2D eigenvalue weighted by Crippen LogP contribution is 2.21. The van der Waals surface area contributed by atoms with E-state index in [1.807, 2.05) is 0 Å². The normalized spacial score (nSPS) is 10.9. The van der Waals surface area contributed by atoms with Gasteiger partial charge in [0, 0.05) is 23.9 Å². The fourth-order valence-corrected chi connectivity index (χ4v) is 2.01. The number of carbonyl (C=O) groups excluding carboxylic acids is 2. The molecule has 1 aromatic carbocycles. The van der Waals surface area contributed by atoms with Gasteiger partial charge in [-0.25, -0.2) is 9.18 Å². The Morgan fingerprint density at radius 1 is 1.41 bits per heavy atom. The second kappa shape index (κ2) is 7.00. The van der Waals surface area contributed by atoms with Crippen LogP contribution in [-0.2, 0) is 20.7 Å². The monoisotopic (exact) mass is 322 g/mol. The molecule has 22 heavy (non-hydrogen) atoms. The number of esters is 1. The number of benzene rings is 1. The predicted octanol–water partition coefficient (Wildman–Crippen LogP) is 2.37. The summed E-state index contributed by atoms with van der Waals surface area (Å²) in [6.45, 7) is 0. The van der Waals surface area contributed by atoms with Gasteiger partial charge in [-0.3, -0.25) is 9.78 Å². The first-order chi connectivity index (χ1) is 10.5. The Bertz CT molecular complexity index is 762. The summed E-state index contributed by atoms with van der Waals surface area (Å²) in [6.07, 6.45) is 3.55. The van der Waals surface area contributed by atoms with Crippen LogP contribution in [0.25, 0.3) is 10.9 Å². The Hall–Kier alpha value is -2.47. The van der Waals surface area contributed by atoms with Gasteiger partial charge in [-0.05, 0) is 23.8 Å². The van der Waals surface area contributed by atoms with E-state index < -0.39 is 17.7 Å². The number of carbonyl (C=O) groups is 2. The Morgan fingerprint density at radius 3 is 2.91 bits per heavy atom. The van der Waals surface area contributed by atoms with Crippen LogP contribution in [0, 0.1) is 5.82 Å². The number of rotatable bonds is 4. The van der Waals surface area contributed by atoms with Crippen LogP contribution in [0.1, 0.15) is 5.56 Å². The molecule has 0 saturated heterocycles. The van der Waals surface area contributed by atoms with Crippen LogP contribution in [0.3, 0.4) is 0 Å². The molecule has 0 fully saturated rings. The molecule has 0 atom stereocenters. The maximum Gasteiger partial charge on any atom is 0.331 e. The van der Waals surface area contributed by atoms with Crippen LogP contribution in [0.4, 0.5) is 4.39 Å². The zero-order chi connectivity index (χ0) is 16.1. The van der Waals surface area contributed by atoms with Gasteiger partial charge in [0.25, 0.3) is 0 Å². The highest BCUT2D eigenvalue weighted by molar-refractivity contribution is 6.31. The minimum atomic E-state index is -0.585. The van der Waals surface area contributed by atoms with Gasteiger partial charge < -0.3 is 10.1 Å². The topological polar surface area (TPSA) is 68.3 Å². The number of fused-ring (bicyclic) bond motifs is 1. The Kier molecular flexibility index (Phi) is 5.06. The lowest BCUT2D eigenvalue weighted by Gasteiger charge is -2.05. The highest BCUT2D eigenvalue weighted by Gasteiger charge is 2.09. The quantitative estimate of drug-likeness (QED) is 0.693. The first kappa shape index (κ1) is 15.9. The van der Waals surface area contributed by atoms with Crippen molar-refractivity contribution in [2.45, 2.75) is 6.42 Å². The minimum absolute atomic E-state index is 0.0507. The molecule has 1 amide bonds. The van der Waals surface area contributed by atoms with Gasteiger partial charge in [-0.1, -0.05) is 11.6 Å². The summed E-state index contributed by atoms with van der Waals surface area (Å²) >= 11 is 5.82. The Labute approximate surface area is 130 Å². The van der Waals surface area contributed by atoms with Crippen LogP contribution in [0.2, 0.25) is 5.02 Å². The standard InChI is InChI=1S/C15H12ClFN2O3/c1-22-14(21)2-3-18-13(20)6-9-4-10-7-11(16)8-19-15(10)12(17)5-9/h2-5,7-8H,6H2,1H3,(H,18,20). The van der Waals surface area contributed by atoms with Crippen molar-refractivity contribution in [1.82, 2.24) is 10.3 Å². The minimum Gasteiger partial charge on any atom is -0.466 e. The van der Waals surface area contributed by atoms with Gasteiger partial charge in [-0.15, -0.1) is 0 Å². The number of nitrogens with one attached hydrogen (secondary N) is 1. The van der Waals surface area contributed by atoms with E-state index in [9.17, 15) is 14.0 Å². The predicted molar refractivity (Wildman–Crippen MR) is 79.7 cm³/mol. The number of halogens is 2. The summed E-state index contributed by atoms with van der Waals surface area (Å²) in [5, 5.41) is 3.29. The summed E-state index contributed by atoms with van der Waals surface area (Å²) in [4.78, 5) is 26.5. The third kappa shape index (κ3) is 4.02. The number of aromatic nitrogens is 1. The van der Waals surface area contributed by atoms with Crippen molar-refractivity contribution < 1.29 is 18.7 Å². The molecule has 1 heterocycles. The van der Waals surface area contributed by atoms with Crippen molar-refractivity contribution in [3.63, 3.8) is 0 Å². The zero-order valence-corrected chi connectivity index (χ0v) is 12.4. The molecule has 0 spiro atoms. The second-order valence-corrected chi connectivity index (χ2v) is 4.84. The Balaban J connectivity index is 2.12. The molecule has 0 radical (unpaired) electrons. The Morgan fingerprint density at radius 2 is 2.18 bits per heavy atom. The fourth-order valence-electron chi connectivity index (χ4n) is 1.85. The third-order valence-electron chi connectivity index (χ3n) is 2.79. The van der Waals surface area contributed by atoms with Crippen molar-refractivity contribution in [3.8, 4) is 0 Å². The number of methoxy groups -OCH3 is 1. The van der Waals surface area contributed by atoms with Crippen molar-refractivity contribution in [3.05, 3.63) is 53.1 Å². The van der Waals surface area contributed by atoms with Gasteiger partial charge in [0.15, 0.2) is 0 Å². The molecule has 0 aliphatic rings. The average molecular weight is 323 g/mol. The zero-order valence-electron chi connectivity index (χ0n) is 11.6. The van der Waals surface area contributed by atoms with E-state index in [1.54, 1.807) is 12.1 Å². The molecule has 1 N–H and O–H groups in total. The highest BCUT2D eigenvalue weighted by atomic mass is 35.5. The molecule has 0 aliphatic carbocycles. The van der Waals surface area contributed by atoms with E-state index in [0.29, 0.717) is 16.0 Å². The van der Waals surface area contributed by atoms with E-state index in [4.69, 9.17) is 11.6 Å². The largest absolute Gasteiger partial charge is 0.466 e. The van der Waals surface area contributed by atoms with Crippen molar-refractivity contribution >= 4 is 34.4 Å². The molecular formula is C15H12ClFN2O3. The third-order valence-corrected chi connectivity index (χ3v) is 3.00. The molecule has 2 rings (SSSR count). The molecule has 2 aromatic rings. The van der Waals surface area contributed by atoms with E-state index in [1.165, 1.54) is 25.6 Å². The van der Waals surface area contributed by atoms with Crippen LogP contribution in [0.5, 0.6) is 0 Å². The van der Waals surface area contributed by atoms with Gasteiger partial charge in [0.1, 0.15) is 11.3 Å². The van der Waals surface area contributed by atoms with Crippen LogP contribution >= 0.6 is 11.6 Å². The van der Waals surface area contributed by atoms with E-state index in [0.717, 1.165) is 6.08 Å². The first-order valence-corrected chi connectivity index (χ1v) is 6.65. The van der Waals surface area contributed by atoms with Crippen LogP contribution in [-0.4, -0.2) is 24.0 Å². The first-order valence-electron chi connectivity index (χ1n) is 6.27. The second-order valence-electron chi connectivity index (χ2n) is 4.40. The van der Waals surface area contributed by atoms with E-state index >= 15 is 0 Å². The van der Waals surface area contributed by atoms with Crippen molar-refractivity contribution in [2.75, 3.05) is 7.11 Å². The smallest absolute Gasteiger partial charge is 0.331 e. The van der Waals surface area contributed by atoms with Gasteiger partial charge >= 0.3 is 5.97 Å². The molecular weight excluding hydrogens is 311 g/mol. The lowest BCUT2D eigenvalue weighted by Crippen LogP contribution is -2.19. The van der Waals surface area contributed by atoms with Crippen LogP contribution in [0.15, 0.2) is 36.7 Å². The van der Waals surface area contributed by atoms with Crippen molar-refractivity contribution in [2.24, 2.45) is 0 Å². The molecule has 0 unspecified atom stereocenters. The summed E-state index contributed by atoms with van der Waals surface area (Å²) in [5.74, 6) is -1.51. The summed E-state index contributed by atoms with van der Waals surface area (Å²) in [7, 11) is 1.23. The lowest BCUT2D eigenvalue weighted by molar-refractivity contribution is -0.134. The fraction of sp³-hybridized carbons (Fsp3) is 0.133. The number of pyridine rings is 1. The number of nitrogens with zero attached hydrogens (tertiary/aromatic N) is 1. The molecule has 0 aliphatic heterocycles. The molecule has 0 bridgehead atoms.